The van der Waals surface area contributed by atoms with Crippen molar-refractivity contribution in [3.05, 3.63) is 0 Å². The molecule has 3 heteroatoms. The van der Waals surface area contributed by atoms with E-state index in [0.717, 1.165) is 0 Å². The lowest BCUT2D eigenvalue weighted by atomic mass is 10.1. The molecule has 72 valence electrons. The van der Waals surface area contributed by atoms with E-state index in [0.29, 0.717) is 12.3 Å². The fraction of sp³-hybridized carbons (Fsp3) is 0.889. The van der Waals surface area contributed by atoms with Crippen LogP contribution in [0.25, 0.3) is 0 Å². The molecule has 2 nitrogen and oxygen atoms in total. The van der Waals surface area contributed by atoms with Gasteiger partial charge in [-0.3, -0.25) is 4.79 Å². The van der Waals surface area contributed by atoms with Crippen LogP contribution in [0, 0.1) is 5.92 Å². The van der Waals surface area contributed by atoms with E-state index in [1.807, 2.05) is 34.0 Å². The first kappa shape index (κ1) is 11.8. The molecular weight excluding hydrogens is 170 g/mol. The molecule has 0 aliphatic rings. The van der Waals surface area contributed by atoms with Gasteiger partial charge in [0.1, 0.15) is 0 Å². The predicted molar refractivity (Wildman–Crippen MR) is 55.2 cm³/mol. The Bertz CT molecular complexity index is 155. The minimum absolute atomic E-state index is 0.133. The zero-order valence-electron chi connectivity index (χ0n) is 8.60. The van der Waals surface area contributed by atoms with E-state index in [-0.39, 0.29) is 10.8 Å². The van der Waals surface area contributed by atoms with Crippen LogP contribution in [0.15, 0.2) is 0 Å². The van der Waals surface area contributed by atoms with Crippen LogP contribution >= 0.6 is 11.8 Å². The number of hydrogen-bond acceptors (Lipinski definition) is 2. The van der Waals surface area contributed by atoms with Crippen molar-refractivity contribution >= 4 is 17.7 Å². The molecule has 0 unspecified atom stereocenters. The molecule has 0 fully saturated rings. The van der Waals surface area contributed by atoms with Crippen LogP contribution < -0.4 is 5.32 Å². The quantitative estimate of drug-likeness (QED) is 0.687. The van der Waals surface area contributed by atoms with Crippen LogP contribution in [0.3, 0.4) is 0 Å². The lowest BCUT2D eigenvalue weighted by Gasteiger charge is -2.24. The van der Waals surface area contributed by atoms with Gasteiger partial charge < -0.3 is 5.32 Å². The summed E-state index contributed by atoms with van der Waals surface area (Å²) in [5.74, 6) is 0.576. The molecule has 0 spiro atoms. The predicted octanol–water partition coefficient (Wildman–Crippen LogP) is 2.25. The molecule has 0 aromatic rings. The van der Waals surface area contributed by atoms with Gasteiger partial charge in [0.05, 0.1) is 4.87 Å². The van der Waals surface area contributed by atoms with Crippen molar-refractivity contribution < 1.29 is 4.79 Å². The van der Waals surface area contributed by atoms with Crippen LogP contribution in [-0.4, -0.2) is 17.0 Å². The van der Waals surface area contributed by atoms with Crippen LogP contribution in [0.5, 0.6) is 0 Å². The summed E-state index contributed by atoms with van der Waals surface area (Å²) < 4.78 is 0. The molecular formula is C9H19NOS. The minimum Gasteiger partial charge on any atom is -0.342 e. The van der Waals surface area contributed by atoms with Crippen molar-refractivity contribution in [3.63, 3.8) is 0 Å². The van der Waals surface area contributed by atoms with E-state index in [2.05, 4.69) is 5.32 Å². The number of carbonyl (C=O) groups excluding carboxylic acids is 1. The average Bonchev–Trinajstić information content (AvgIpc) is 1.84. The number of carbonyl (C=O) groups is 1. The molecule has 0 aliphatic carbocycles. The molecule has 0 rings (SSSR count). The Labute approximate surface area is 79.5 Å². The van der Waals surface area contributed by atoms with Crippen molar-refractivity contribution in [1.82, 2.24) is 5.32 Å². The molecule has 0 atom stereocenters. The smallest absolute Gasteiger partial charge is 0.221 e. The van der Waals surface area contributed by atoms with E-state index in [4.69, 9.17) is 0 Å². The lowest BCUT2D eigenvalue weighted by Crippen LogP contribution is -2.40. The van der Waals surface area contributed by atoms with E-state index in [1.54, 1.807) is 11.8 Å². The second-order valence-electron chi connectivity index (χ2n) is 3.86. The van der Waals surface area contributed by atoms with Gasteiger partial charge >= 0.3 is 0 Å². The molecule has 0 aliphatic heterocycles. The summed E-state index contributed by atoms with van der Waals surface area (Å²) >= 11 is 1.65. The summed E-state index contributed by atoms with van der Waals surface area (Å²) in [6, 6.07) is 0. The summed E-state index contributed by atoms with van der Waals surface area (Å²) in [6.45, 7) is 8.11. The van der Waals surface area contributed by atoms with Gasteiger partial charge in [0.25, 0.3) is 0 Å². The average molecular weight is 189 g/mol. The lowest BCUT2D eigenvalue weighted by molar-refractivity contribution is -0.122. The molecule has 0 saturated heterocycles. The first-order valence-corrected chi connectivity index (χ1v) is 5.46. The maximum atomic E-state index is 11.3. The largest absolute Gasteiger partial charge is 0.342 e. The number of nitrogens with one attached hydrogen (secondary N) is 1. The van der Waals surface area contributed by atoms with E-state index >= 15 is 0 Å². The molecule has 12 heavy (non-hydrogen) atoms. The number of hydrogen-bond donors (Lipinski definition) is 1. The number of amides is 1. The van der Waals surface area contributed by atoms with Crippen molar-refractivity contribution in [2.45, 2.75) is 39.0 Å². The molecule has 0 saturated carbocycles. The van der Waals surface area contributed by atoms with Crippen LogP contribution in [0.1, 0.15) is 34.1 Å². The topological polar surface area (TPSA) is 29.1 Å². The van der Waals surface area contributed by atoms with E-state index < -0.39 is 0 Å². The Morgan fingerprint density at radius 3 is 2.33 bits per heavy atom. The number of thioether (sulfide) groups is 1. The standard InChI is InChI=1S/C9H19NOS/c1-7(2)6-8(11)10-9(3,4)12-5/h7H,6H2,1-5H3,(H,10,11). The van der Waals surface area contributed by atoms with Crippen LogP contribution in [0.4, 0.5) is 0 Å². The highest BCUT2D eigenvalue weighted by Crippen LogP contribution is 2.17. The third-order valence-electron chi connectivity index (χ3n) is 1.54. The monoisotopic (exact) mass is 189 g/mol. The van der Waals surface area contributed by atoms with Gasteiger partial charge in [0.15, 0.2) is 0 Å². The highest BCUT2D eigenvalue weighted by atomic mass is 32.2. The second-order valence-corrected chi connectivity index (χ2v) is 5.29. The third-order valence-corrected chi connectivity index (χ3v) is 2.67. The molecule has 0 bridgehead atoms. The van der Waals surface area contributed by atoms with Gasteiger partial charge in [-0.2, -0.15) is 0 Å². The van der Waals surface area contributed by atoms with E-state index in [1.165, 1.54) is 0 Å². The second kappa shape index (κ2) is 4.75. The first-order chi connectivity index (χ1) is 5.37. The Balaban J connectivity index is 3.84. The molecule has 1 amide bonds. The fourth-order valence-corrected chi connectivity index (χ4v) is 1.02. The van der Waals surface area contributed by atoms with Gasteiger partial charge in [0, 0.05) is 6.42 Å². The van der Waals surface area contributed by atoms with Gasteiger partial charge in [-0.15, -0.1) is 11.8 Å². The normalized spacial score (nSPS) is 11.8. The first-order valence-electron chi connectivity index (χ1n) is 4.23. The van der Waals surface area contributed by atoms with Crippen LogP contribution in [-0.2, 0) is 4.79 Å². The Hall–Kier alpha value is -0.180. The highest BCUT2D eigenvalue weighted by molar-refractivity contribution is 7.99. The third kappa shape index (κ3) is 5.47. The van der Waals surface area contributed by atoms with Crippen molar-refractivity contribution in [3.8, 4) is 0 Å². The van der Waals surface area contributed by atoms with Gasteiger partial charge in [-0.05, 0) is 26.0 Å². The zero-order chi connectivity index (χ0) is 9.78. The summed E-state index contributed by atoms with van der Waals surface area (Å²) in [5.41, 5.74) is 0. The minimum atomic E-state index is -0.133. The summed E-state index contributed by atoms with van der Waals surface area (Å²) in [4.78, 5) is 11.2. The molecule has 0 radical (unpaired) electrons. The van der Waals surface area contributed by atoms with Crippen LogP contribution in [0.2, 0.25) is 0 Å². The van der Waals surface area contributed by atoms with Crippen molar-refractivity contribution in [2.24, 2.45) is 5.92 Å². The summed E-state index contributed by atoms with van der Waals surface area (Å²) in [7, 11) is 0. The van der Waals surface area contributed by atoms with Gasteiger partial charge in [-0.25, -0.2) is 0 Å². The maximum absolute atomic E-state index is 11.3. The SMILES string of the molecule is CSC(C)(C)NC(=O)CC(C)C. The highest BCUT2D eigenvalue weighted by Gasteiger charge is 2.18. The molecule has 0 aromatic carbocycles. The Morgan fingerprint density at radius 2 is 2.00 bits per heavy atom. The molecule has 1 N–H and O–H groups in total. The Morgan fingerprint density at radius 1 is 1.50 bits per heavy atom. The van der Waals surface area contributed by atoms with Gasteiger partial charge in [0.2, 0.25) is 5.91 Å². The molecule has 0 aromatic heterocycles. The van der Waals surface area contributed by atoms with E-state index in [9.17, 15) is 4.79 Å². The number of rotatable bonds is 4. The Kier molecular flexibility index (Phi) is 4.68. The molecule has 0 heterocycles. The van der Waals surface area contributed by atoms with Crippen molar-refractivity contribution in [2.75, 3.05) is 6.26 Å². The fourth-order valence-electron chi connectivity index (χ4n) is 0.809. The van der Waals surface area contributed by atoms with Crippen molar-refractivity contribution in [1.29, 1.82) is 0 Å². The summed E-state index contributed by atoms with van der Waals surface area (Å²) in [6.07, 6.45) is 2.61. The zero-order valence-corrected chi connectivity index (χ0v) is 9.42. The maximum Gasteiger partial charge on any atom is 0.221 e. The summed E-state index contributed by atoms with van der Waals surface area (Å²) in [5, 5.41) is 2.96. The van der Waals surface area contributed by atoms with Gasteiger partial charge in [-0.1, -0.05) is 13.8 Å².